The summed E-state index contributed by atoms with van der Waals surface area (Å²) in [6.07, 6.45) is 0.887. The molecule has 0 aliphatic heterocycles. The number of halogens is 2. The van der Waals surface area contributed by atoms with E-state index in [0.29, 0.717) is 25.1 Å². The summed E-state index contributed by atoms with van der Waals surface area (Å²) in [5, 5.41) is 5.35. The molecule has 1 rings (SSSR count). The third-order valence-corrected chi connectivity index (χ3v) is 2.85. The predicted octanol–water partition coefficient (Wildman–Crippen LogP) is 3.14. The molecule has 0 spiro atoms. The van der Waals surface area contributed by atoms with Gasteiger partial charge in [-0.3, -0.25) is 0 Å². The molecule has 21 heavy (non-hydrogen) atoms. The minimum Gasteiger partial charge on any atom is -0.379 e. The molecule has 1 aromatic carbocycles. The van der Waals surface area contributed by atoms with Crippen LogP contribution in [0.2, 0.25) is 0 Å². The number of amides is 2. The number of urea groups is 1. The summed E-state index contributed by atoms with van der Waals surface area (Å²) in [7, 11) is 0. The van der Waals surface area contributed by atoms with Gasteiger partial charge in [0.1, 0.15) is 0 Å². The molecule has 1 aromatic rings. The Hall–Kier alpha value is -1.69. The Morgan fingerprint density at radius 2 is 1.95 bits per heavy atom. The van der Waals surface area contributed by atoms with Gasteiger partial charge in [-0.05, 0) is 44.9 Å². The van der Waals surface area contributed by atoms with Crippen LogP contribution in [0.15, 0.2) is 18.2 Å². The molecule has 0 aliphatic carbocycles. The van der Waals surface area contributed by atoms with Crippen LogP contribution >= 0.6 is 0 Å². The highest BCUT2D eigenvalue weighted by molar-refractivity contribution is 5.74. The van der Waals surface area contributed by atoms with E-state index in [-0.39, 0.29) is 12.1 Å². The fourth-order valence-electron chi connectivity index (χ4n) is 1.71. The summed E-state index contributed by atoms with van der Waals surface area (Å²) in [6.45, 7) is 6.67. The van der Waals surface area contributed by atoms with E-state index in [1.807, 2.05) is 13.8 Å². The van der Waals surface area contributed by atoms with Crippen molar-refractivity contribution >= 4 is 6.03 Å². The van der Waals surface area contributed by atoms with Gasteiger partial charge in [-0.1, -0.05) is 6.07 Å². The molecule has 0 heterocycles. The molecule has 4 nitrogen and oxygen atoms in total. The van der Waals surface area contributed by atoms with Crippen LogP contribution in [0, 0.1) is 11.6 Å². The van der Waals surface area contributed by atoms with Crippen molar-refractivity contribution in [2.45, 2.75) is 39.3 Å². The SMILES string of the molecule is CC(C)OCCCNC(=O)N[C@H](C)c1ccc(F)c(F)c1. The fourth-order valence-corrected chi connectivity index (χ4v) is 1.71. The Bertz CT molecular complexity index is 467. The number of carbonyl (C=O) groups is 1. The molecule has 2 N–H and O–H groups in total. The van der Waals surface area contributed by atoms with Crippen molar-refractivity contribution in [1.82, 2.24) is 10.6 Å². The van der Waals surface area contributed by atoms with E-state index in [9.17, 15) is 13.6 Å². The number of hydrogen-bond acceptors (Lipinski definition) is 2. The van der Waals surface area contributed by atoms with Crippen LogP contribution in [0.25, 0.3) is 0 Å². The highest BCUT2D eigenvalue weighted by Crippen LogP contribution is 2.15. The van der Waals surface area contributed by atoms with Gasteiger partial charge < -0.3 is 15.4 Å². The van der Waals surface area contributed by atoms with Gasteiger partial charge in [0.25, 0.3) is 0 Å². The first-order chi connectivity index (χ1) is 9.90. The van der Waals surface area contributed by atoms with E-state index in [2.05, 4.69) is 10.6 Å². The lowest BCUT2D eigenvalue weighted by atomic mass is 10.1. The minimum absolute atomic E-state index is 0.173. The van der Waals surface area contributed by atoms with Crippen LogP contribution in [-0.4, -0.2) is 25.3 Å². The molecule has 1 atom stereocenters. The smallest absolute Gasteiger partial charge is 0.315 e. The Kier molecular flexibility index (Phi) is 7.08. The van der Waals surface area contributed by atoms with Gasteiger partial charge in [-0.2, -0.15) is 0 Å². The number of ether oxygens (including phenoxy) is 1. The molecule has 2 amide bonds. The third-order valence-electron chi connectivity index (χ3n) is 2.85. The number of rotatable bonds is 7. The first-order valence-electron chi connectivity index (χ1n) is 7.01. The van der Waals surface area contributed by atoms with Crippen LogP contribution in [0.5, 0.6) is 0 Å². The minimum atomic E-state index is -0.924. The van der Waals surface area contributed by atoms with Crippen LogP contribution < -0.4 is 10.6 Å². The number of carbonyl (C=O) groups excluding carboxylic acids is 1. The van der Waals surface area contributed by atoms with E-state index in [1.54, 1.807) is 6.92 Å². The molecule has 0 fully saturated rings. The van der Waals surface area contributed by atoms with Crippen LogP contribution in [-0.2, 0) is 4.74 Å². The quantitative estimate of drug-likeness (QED) is 0.760. The Morgan fingerprint density at radius 1 is 1.24 bits per heavy atom. The molecule has 0 saturated heterocycles. The van der Waals surface area contributed by atoms with Gasteiger partial charge in [0.15, 0.2) is 11.6 Å². The van der Waals surface area contributed by atoms with Crippen LogP contribution in [0.3, 0.4) is 0 Å². The summed E-state index contributed by atoms with van der Waals surface area (Å²) < 4.78 is 31.3. The Morgan fingerprint density at radius 3 is 2.57 bits per heavy atom. The summed E-state index contributed by atoms with van der Waals surface area (Å²) in [5.74, 6) is -1.83. The largest absolute Gasteiger partial charge is 0.379 e. The molecule has 0 aliphatic rings. The first kappa shape index (κ1) is 17.4. The lowest BCUT2D eigenvalue weighted by Gasteiger charge is -2.15. The molecule has 6 heteroatoms. The van der Waals surface area contributed by atoms with E-state index >= 15 is 0 Å². The van der Waals surface area contributed by atoms with Gasteiger partial charge >= 0.3 is 6.03 Å². The number of nitrogens with one attached hydrogen (secondary N) is 2. The number of hydrogen-bond donors (Lipinski definition) is 2. The Balaban J connectivity index is 2.31. The maximum absolute atomic E-state index is 13.1. The van der Waals surface area contributed by atoms with Crippen molar-refractivity contribution in [3.05, 3.63) is 35.4 Å². The van der Waals surface area contributed by atoms with Crippen molar-refractivity contribution in [1.29, 1.82) is 0 Å². The van der Waals surface area contributed by atoms with Gasteiger partial charge in [0.2, 0.25) is 0 Å². The van der Waals surface area contributed by atoms with Crippen LogP contribution in [0.1, 0.15) is 38.8 Å². The molecular weight excluding hydrogens is 278 g/mol. The molecule has 0 saturated carbocycles. The van der Waals surface area contributed by atoms with Crippen molar-refractivity contribution in [3.8, 4) is 0 Å². The highest BCUT2D eigenvalue weighted by atomic mass is 19.2. The topological polar surface area (TPSA) is 50.4 Å². The van der Waals surface area contributed by atoms with E-state index in [0.717, 1.165) is 12.1 Å². The zero-order valence-corrected chi connectivity index (χ0v) is 12.6. The Labute approximate surface area is 123 Å². The molecule has 0 bridgehead atoms. The van der Waals surface area contributed by atoms with Gasteiger partial charge in [-0.25, -0.2) is 13.6 Å². The van der Waals surface area contributed by atoms with Crippen molar-refractivity contribution < 1.29 is 18.3 Å². The van der Waals surface area contributed by atoms with Gasteiger partial charge in [0.05, 0.1) is 12.1 Å². The van der Waals surface area contributed by atoms with Crippen LogP contribution in [0.4, 0.5) is 13.6 Å². The standard InChI is InChI=1S/C15H22F2N2O2/c1-10(2)21-8-4-7-18-15(20)19-11(3)12-5-6-13(16)14(17)9-12/h5-6,9-11H,4,7-8H2,1-3H3,(H2,18,19,20)/t11-/m1/s1. The van der Waals surface area contributed by atoms with Crippen molar-refractivity contribution in [3.63, 3.8) is 0 Å². The summed E-state index contributed by atoms with van der Waals surface area (Å²) >= 11 is 0. The summed E-state index contributed by atoms with van der Waals surface area (Å²) in [4.78, 5) is 11.6. The molecule has 0 unspecified atom stereocenters. The van der Waals surface area contributed by atoms with E-state index in [1.165, 1.54) is 6.07 Å². The highest BCUT2D eigenvalue weighted by Gasteiger charge is 2.11. The van der Waals surface area contributed by atoms with Crippen molar-refractivity contribution in [2.75, 3.05) is 13.2 Å². The van der Waals surface area contributed by atoms with E-state index in [4.69, 9.17) is 4.74 Å². The monoisotopic (exact) mass is 300 g/mol. The second kappa shape index (κ2) is 8.56. The fraction of sp³-hybridized carbons (Fsp3) is 0.533. The van der Waals surface area contributed by atoms with Crippen molar-refractivity contribution in [2.24, 2.45) is 0 Å². The maximum Gasteiger partial charge on any atom is 0.315 e. The zero-order valence-electron chi connectivity index (χ0n) is 12.6. The van der Waals surface area contributed by atoms with Gasteiger partial charge in [-0.15, -0.1) is 0 Å². The first-order valence-corrected chi connectivity index (χ1v) is 7.01. The molecule has 0 radical (unpaired) electrons. The second-order valence-corrected chi connectivity index (χ2v) is 5.07. The maximum atomic E-state index is 13.1. The molecule has 0 aromatic heterocycles. The lowest BCUT2D eigenvalue weighted by molar-refractivity contribution is 0.0774. The summed E-state index contributed by atoms with van der Waals surface area (Å²) in [5.41, 5.74) is 0.507. The molecular formula is C15H22F2N2O2. The lowest BCUT2D eigenvalue weighted by Crippen LogP contribution is -2.37. The zero-order chi connectivity index (χ0) is 15.8. The van der Waals surface area contributed by atoms with E-state index < -0.39 is 17.7 Å². The number of benzene rings is 1. The predicted molar refractivity (Wildman–Crippen MR) is 77.0 cm³/mol. The molecule has 118 valence electrons. The van der Waals surface area contributed by atoms with Gasteiger partial charge in [0, 0.05) is 13.2 Å². The average Bonchev–Trinajstić information content (AvgIpc) is 2.41. The normalized spacial score (nSPS) is 12.3. The summed E-state index contributed by atoms with van der Waals surface area (Å²) in [6, 6.07) is 2.81. The average molecular weight is 300 g/mol. The third kappa shape index (κ3) is 6.53. The second-order valence-electron chi connectivity index (χ2n) is 5.07.